The number of hydrogen-bond donors (Lipinski definition) is 0. The molecule has 0 fully saturated rings. The molecule has 0 saturated heterocycles. The molecule has 0 spiro atoms. The molecule has 0 N–H and O–H groups in total. The second-order valence-corrected chi connectivity index (χ2v) is 6.08. The zero-order valence-electron chi connectivity index (χ0n) is 14.6. The third-order valence-electron chi connectivity index (χ3n) is 4.40. The highest BCUT2D eigenvalue weighted by Gasteiger charge is 2.13. The van der Waals surface area contributed by atoms with Crippen molar-refractivity contribution in [2.75, 3.05) is 0 Å². The van der Waals surface area contributed by atoms with Crippen LogP contribution in [0.15, 0.2) is 42.5 Å². The van der Waals surface area contributed by atoms with Crippen LogP contribution in [0.1, 0.15) is 23.9 Å². The first-order chi connectivity index (χ1) is 12.7. The van der Waals surface area contributed by atoms with Gasteiger partial charge < -0.3 is 4.57 Å². The zero-order valence-corrected chi connectivity index (χ0v) is 14.6. The summed E-state index contributed by atoms with van der Waals surface area (Å²) in [5.74, 6) is 1.57. The van der Waals surface area contributed by atoms with Crippen LogP contribution in [0.3, 0.4) is 0 Å². The second kappa shape index (κ2) is 6.41. The molecule has 4 aromatic rings. The van der Waals surface area contributed by atoms with E-state index >= 15 is 0 Å². The molecule has 0 atom stereocenters. The normalized spacial score (nSPS) is 11.0. The number of benzene rings is 2. The largest absolute Gasteiger partial charge is 0.307 e. The van der Waals surface area contributed by atoms with Crippen molar-refractivity contribution in [1.82, 2.24) is 29.8 Å². The highest BCUT2D eigenvalue weighted by molar-refractivity contribution is 5.75. The standard InChI is InChI=1S/C19H17N7/c1-3-26-18-8-7-15(10-17(18)22-24-26)12-25-13(2)21-23-19(25)16-6-4-5-14(9-16)11-20/h4-10H,3,12H2,1-2H3. The van der Waals surface area contributed by atoms with E-state index in [9.17, 15) is 0 Å². The minimum atomic E-state index is 0.604. The van der Waals surface area contributed by atoms with Gasteiger partial charge in [-0.15, -0.1) is 15.3 Å². The Hall–Kier alpha value is -3.53. The van der Waals surface area contributed by atoms with Crippen LogP contribution in [0.2, 0.25) is 0 Å². The fourth-order valence-corrected chi connectivity index (χ4v) is 3.04. The second-order valence-electron chi connectivity index (χ2n) is 6.08. The van der Waals surface area contributed by atoms with E-state index in [1.165, 1.54) is 0 Å². The van der Waals surface area contributed by atoms with Crippen molar-refractivity contribution in [3.8, 4) is 17.5 Å². The van der Waals surface area contributed by atoms with E-state index in [1.54, 1.807) is 6.07 Å². The molecule has 0 saturated carbocycles. The van der Waals surface area contributed by atoms with E-state index in [0.717, 1.165) is 40.4 Å². The molecular weight excluding hydrogens is 326 g/mol. The summed E-state index contributed by atoms with van der Waals surface area (Å²) in [6.07, 6.45) is 0. The average molecular weight is 343 g/mol. The van der Waals surface area contributed by atoms with Gasteiger partial charge in [0.25, 0.3) is 0 Å². The Kier molecular flexibility index (Phi) is 3.93. The molecule has 0 bridgehead atoms. The van der Waals surface area contributed by atoms with Gasteiger partial charge in [-0.2, -0.15) is 5.26 Å². The molecule has 7 nitrogen and oxygen atoms in total. The quantitative estimate of drug-likeness (QED) is 0.569. The minimum absolute atomic E-state index is 0.604. The van der Waals surface area contributed by atoms with Crippen molar-refractivity contribution in [2.45, 2.75) is 26.9 Å². The Morgan fingerprint density at radius 3 is 2.77 bits per heavy atom. The van der Waals surface area contributed by atoms with Gasteiger partial charge in [-0.05, 0) is 43.7 Å². The summed E-state index contributed by atoms with van der Waals surface area (Å²) < 4.78 is 3.92. The first kappa shape index (κ1) is 16.0. The number of hydrogen-bond acceptors (Lipinski definition) is 5. The van der Waals surface area contributed by atoms with Gasteiger partial charge in [-0.1, -0.05) is 23.4 Å². The highest BCUT2D eigenvalue weighted by atomic mass is 15.4. The Morgan fingerprint density at radius 1 is 1.08 bits per heavy atom. The van der Waals surface area contributed by atoms with Crippen molar-refractivity contribution in [1.29, 1.82) is 5.26 Å². The average Bonchev–Trinajstić information content (AvgIpc) is 3.25. The van der Waals surface area contributed by atoms with E-state index in [2.05, 4.69) is 32.6 Å². The summed E-state index contributed by atoms with van der Waals surface area (Å²) in [6, 6.07) is 15.7. The van der Waals surface area contributed by atoms with E-state index in [4.69, 9.17) is 5.26 Å². The zero-order chi connectivity index (χ0) is 18.1. The summed E-state index contributed by atoms with van der Waals surface area (Å²) in [6.45, 7) is 5.39. The van der Waals surface area contributed by atoms with Crippen LogP contribution in [0.25, 0.3) is 22.4 Å². The fourth-order valence-electron chi connectivity index (χ4n) is 3.04. The molecule has 26 heavy (non-hydrogen) atoms. The Morgan fingerprint density at radius 2 is 1.96 bits per heavy atom. The SMILES string of the molecule is CCn1nnc2cc(Cn3c(C)nnc3-c3cccc(C#N)c3)ccc21. The van der Waals surface area contributed by atoms with Crippen molar-refractivity contribution in [2.24, 2.45) is 0 Å². The summed E-state index contributed by atoms with van der Waals surface area (Å²) in [5, 5.41) is 26.1. The molecule has 4 rings (SSSR count). The highest BCUT2D eigenvalue weighted by Crippen LogP contribution is 2.22. The number of fused-ring (bicyclic) bond motifs is 1. The van der Waals surface area contributed by atoms with Crippen molar-refractivity contribution in [3.05, 3.63) is 59.4 Å². The van der Waals surface area contributed by atoms with E-state index < -0.39 is 0 Å². The van der Waals surface area contributed by atoms with Gasteiger partial charge in [-0.25, -0.2) is 4.68 Å². The predicted octanol–water partition coefficient (Wildman–Crippen LogP) is 2.94. The van der Waals surface area contributed by atoms with Crippen LogP contribution in [0, 0.1) is 18.3 Å². The Bertz CT molecular complexity index is 1130. The molecule has 7 heteroatoms. The summed E-state index contributed by atoms with van der Waals surface area (Å²) in [4.78, 5) is 0. The Labute approximate surface area is 150 Å². The molecule has 0 unspecified atom stereocenters. The monoisotopic (exact) mass is 343 g/mol. The predicted molar refractivity (Wildman–Crippen MR) is 97.2 cm³/mol. The lowest BCUT2D eigenvalue weighted by Gasteiger charge is -2.09. The minimum Gasteiger partial charge on any atom is -0.307 e. The van der Waals surface area contributed by atoms with Crippen LogP contribution in [-0.2, 0) is 13.1 Å². The molecule has 0 amide bonds. The number of aromatic nitrogens is 6. The summed E-state index contributed by atoms with van der Waals surface area (Å²) in [5.41, 5.74) is 4.48. The third-order valence-corrected chi connectivity index (χ3v) is 4.40. The van der Waals surface area contributed by atoms with Gasteiger partial charge in [0.2, 0.25) is 0 Å². The van der Waals surface area contributed by atoms with Crippen LogP contribution in [0.5, 0.6) is 0 Å². The van der Waals surface area contributed by atoms with E-state index in [0.29, 0.717) is 12.1 Å². The van der Waals surface area contributed by atoms with Gasteiger partial charge in [0, 0.05) is 12.1 Å². The van der Waals surface area contributed by atoms with Crippen molar-refractivity contribution >= 4 is 11.0 Å². The molecule has 0 aliphatic rings. The lowest BCUT2D eigenvalue weighted by atomic mass is 10.1. The lowest BCUT2D eigenvalue weighted by molar-refractivity contribution is 0.646. The molecular formula is C19H17N7. The summed E-state index contributed by atoms with van der Waals surface area (Å²) in [7, 11) is 0. The maximum Gasteiger partial charge on any atom is 0.164 e. The van der Waals surface area contributed by atoms with Gasteiger partial charge in [0.05, 0.1) is 23.7 Å². The first-order valence-corrected chi connectivity index (χ1v) is 8.42. The fraction of sp³-hybridized carbons (Fsp3) is 0.211. The van der Waals surface area contributed by atoms with Gasteiger partial charge >= 0.3 is 0 Å². The number of aryl methyl sites for hydroxylation is 2. The number of rotatable bonds is 4. The van der Waals surface area contributed by atoms with E-state index in [-0.39, 0.29) is 0 Å². The molecule has 2 aromatic carbocycles. The van der Waals surface area contributed by atoms with Crippen LogP contribution >= 0.6 is 0 Å². The number of nitrogens with zero attached hydrogens (tertiary/aromatic N) is 7. The maximum atomic E-state index is 9.13. The van der Waals surface area contributed by atoms with Gasteiger partial charge in [-0.3, -0.25) is 0 Å². The topological polar surface area (TPSA) is 85.2 Å². The molecule has 128 valence electrons. The third kappa shape index (κ3) is 2.71. The smallest absolute Gasteiger partial charge is 0.164 e. The van der Waals surface area contributed by atoms with Gasteiger partial charge in [0.15, 0.2) is 5.82 Å². The maximum absolute atomic E-state index is 9.13. The molecule has 0 radical (unpaired) electrons. The summed E-state index contributed by atoms with van der Waals surface area (Å²) >= 11 is 0. The lowest BCUT2D eigenvalue weighted by Crippen LogP contribution is -2.04. The molecule has 2 aromatic heterocycles. The van der Waals surface area contributed by atoms with Gasteiger partial charge in [0.1, 0.15) is 11.3 Å². The number of nitriles is 1. The Balaban J connectivity index is 1.73. The van der Waals surface area contributed by atoms with Crippen molar-refractivity contribution in [3.63, 3.8) is 0 Å². The van der Waals surface area contributed by atoms with Crippen LogP contribution in [0.4, 0.5) is 0 Å². The molecule has 0 aliphatic heterocycles. The van der Waals surface area contributed by atoms with Crippen molar-refractivity contribution < 1.29 is 0 Å². The van der Waals surface area contributed by atoms with E-state index in [1.807, 2.05) is 53.4 Å². The molecule has 0 aliphatic carbocycles. The van der Waals surface area contributed by atoms with Crippen LogP contribution < -0.4 is 0 Å². The molecule has 2 heterocycles. The first-order valence-electron chi connectivity index (χ1n) is 8.42. The van der Waals surface area contributed by atoms with Crippen LogP contribution in [-0.4, -0.2) is 29.8 Å².